The molecule has 0 atom stereocenters. The van der Waals surface area contributed by atoms with Gasteiger partial charge in [0.25, 0.3) is 0 Å². The molecule has 1 radical (unpaired) electrons. The molecule has 17 heavy (non-hydrogen) atoms. The summed E-state index contributed by atoms with van der Waals surface area (Å²) in [4.78, 5) is 0. The van der Waals surface area contributed by atoms with E-state index in [1.807, 2.05) is 0 Å². The Morgan fingerprint density at radius 2 is 1.47 bits per heavy atom. The number of hydrogen-bond acceptors (Lipinski definition) is 0. The van der Waals surface area contributed by atoms with E-state index in [-0.39, 0.29) is 0 Å². The van der Waals surface area contributed by atoms with Gasteiger partial charge in [-0.3, -0.25) is 0 Å². The molecule has 97 valence electrons. The second-order valence-corrected chi connectivity index (χ2v) is 4.38. The molecule has 0 saturated carbocycles. The predicted molar refractivity (Wildman–Crippen MR) is 80.0 cm³/mol. The van der Waals surface area contributed by atoms with Crippen molar-refractivity contribution < 1.29 is 0 Å². The summed E-state index contributed by atoms with van der Waals surface area (Å²) < 4.78 is 0. The predicted octanol–water partition coefficient (Wildman–Crippen LogP) is 6.02. The summed E-state index contributed by atoms with van der Waals surface area (Å²) in [6.45, 7) is 6.02. The minimum Gasteiger partial charge on any atom is -0.0885 e. The lowest BCUT2D eigenvalue weighted by atomic mass is 10.1. The van der Waals surface area contributed by atoms with Crippen molar-refractivity contribution in [2.75, 3.05) is 0 Å². The molecule has 0 aliphatic rings. The molecule has 0 aromatic carbocycles. The molecule has 0 fully saturated rings. The standard InChI is InChI=1S/C17H29/c1-3-5-7-9-11-13-15-17-16-14-12-10-8-6-4-2/h6,8,12,14,16-17H,1,3-5,7,9-11,13,15H2,2H3. The number of unbranched alkanes of at least 4 members (excludes halogenated alkanes) is 6. The van der Waals surface area contributed by atoms with Crippen molar-refractivity contribution in [2.45, 2.75) is 64.7 Å². The monoisotopic (exact) mass is 233 g/mol. The molecule has 0 amide bonds. The Balaban J connectivity index is 3.21. The molecule has 0 aliphatic heterocycles. The van der Waals surface area contributed by atoms with Gasteiger partial charge in [0.05, 0.1) is 0 Å². The maximum absolute atomic E-state index is 3.86. The van der Waals surface area contributed by atoms with Gasteiger partial charge in [0.15, 0.2) is 0 Å². The summed E-state index contributed by atoms with van der Waals surface area (Å²) in [5.74, 6) is 0. The third-order valence-electron chi connectivity index (χ3n) is 2.68. The van der Waals surface area contributed by atoms with Gasteiger partial charge in [0, 0.05) is 0 Å². The highest BCUT2D eigenvalue weighted by atomic mass is 13.9. The highest BCUT2D eigenvalue weighted by Crippen LogP contribution is 2.06. The van der Waals surface area contributed by atoms with Crippen LogP contribution in [-0.4, -0.2) is 0 Å². The van der Waals surface area contributed by atoms with Crippen LogP contribution in [0.1, 0.15) is 64.7 Å². The fourth-order valence-corrected chi connectivity index (χ4v) is 1.64. The molecule has 0 spiro atoms. The average Bonchev–Trinajstić information content (AvgIpc) is 2.35. The molecule has 0 saturated heterocycles. The first kappa shape index (κ1) is 16.2. The second kappa shape index (κ2) is 15.2. The second-order valence-electron chi connectivity index (χ2n) is 4.38. The molecule has 0 nitrogen and oxygen atoms in total. The Hall–Kier alpha value is -0.780. The maximum atomic E-state index is 3.86. The Morgan fingerprint density at radius 3 is 2.24 bits per heavy atom. The maximum Gasteiger partial charge on any atom is -0.0166 e. The SMILES string of the molecule is [CH2]CCCCCCCC=CC=CCC=CCC. The first-order chi connectivity index (χ1) is 8.41. The molecule has 0 aliphatic carbocycles. The molecule has 0 aromatic rings. The third-order valence-corrected chi connectivity index (χ3v) is 2.68. The topological polar surface area (TPSA) is 0 Å². The summed E-state index contributed by atoms with van der Waals surface area (Å²) >= 11 is 0. The molecule has 0 rings (SSSR count). The van der Waals surface area contributed by atoms with Crippen molar-refractivity contribution in [3.8, 4) is 0 Å². The third kappa shape index (κ3) is 15.2. The zero-order valence-electron chi connectivity index (χ0n) is 11.5. The van der Waals surface area contributed by atoms with Crippen molar-refractivity contribution in [1.82, 2.24) is 0 Å². The van der Waals surface area contributed by atoms with Crippen LogP contribution in [0.3, 0.4) is 0 Å². The van der Waals surface area contributed by atoms with Crippen LogP contribution in [0, 0.1) is 6.92 Å². The van der Waals surface area contributed by atoms with Gasteiger partial charge in [-0.15, -0.1) is 0 Å². The lowest BCUT2D eigenvalue weighted by Gasteiger charge is -1.97. The van der Waals surface area contributed by atoms with Gasteiger partial charge in [-0.2, -0.15) is 0 Å². The van der Waals surface area contributed by atoms with E-state index in [0.29, 0.717) is 0 Å². The van der Waals surface area contributed by atoms with E-state index in [1.54, 1.807) is 0 Å². The minimum absolute atomic E-state index is 1.06. The molecule has 0 heteroatoms. The molecular formula is C17H29. The summed E-state index contributed by atoms with van der Waals surface area (Å²) in [6, 6.07) is 0. The Bertz CT molecular complexity index is 208. The van der Waals surface area contributed by atoms with Crippen LogP contribution >= 0.6 is 0 Å². The summed E-state index contributed by atoms with van der Waals surface area (Å²) in [5.41, 5.74) is 0. The average molecular weight is 233 g/mol. The van der Waals surface area contributed by atoms with Gasteiger partial charge in [-0.25, -0.2) is 0 Å². The van der Waals surface area contributed by atoms with Gasteiger partial charge < -0.3 is 0 Å². The molecule has 0 heterocycles. The molecule has 0 bridgehead atoms. The van der Waals surface area contributed by atoms with Crippen LogP contribution in [0.25, 0.3) is 0 Å². The van der Waals surface area contributed by atoms with Gasteiger partial charge in [-0.1, -0.05) is 82.4 Å². The molecule has 0 N–H and O–H groups in total. The Morgan fingerprint density at radius 1 is 0.765 bits per heavy atom. The number of allylic oxidation sites excluding steroid dienone is 6. The summed E-state index contributed by atoms with van der Waals surface area (Å²) in [6.07, 6.45) is 24.5. The first-order valence-electron chi connectivity index (χ1n) is 7.17. The fourth-order valence-electron chi connectivity index (χ4n) is 1.64. The van der Waals surface area contributed by atoms with Gasteiger partial charge >= 0.3 is 0 Å². The van der Waals surface area contributed by atoms with E-state index in [4.69, 9.17) is 0 Å². The number of rotatable bonds is 11. The van der Waals surface area contributed by atoms with Crippen LogP contribution < -0.4 is 0 Å². The molecule has 0 unspecified atom stereocenters. The van der Waals surface area contributed by atoms with E-state index >= 15 is 0 Å². The zero-order valence-corrected chi connectivity index (χ0v) is 11.5. The van der Waals surface area contributed by atoms with E-state index in [9.17, 15) is 0 Å². The molecular weight excluding hydrogens is 204 g/mol. The quantitative estimate of drug-likeness (QED) is 0.232. The highest BCUT2D eigenvalue weighted by Gasteiger charge is 1.87. The smallest absolute Gasteiger partial charge is 0.0166 e. The van der Waals surface area contributed by atoms with Crippen molar-refractivity contribution >= 4 is 0 Å². The van der Waals surface area contributed by atoms with Gasteiger partial charge in [-0.05, 0) is 25.7 Å². The van der Waals surface area contributed by atoms with Gasteiger partial charge in [0.1, 0.15) is 0 Å². The molecule has 0 aromatic heterocycles. The van der Waals surface area contributed by atoms with Crippen LogP contribution in [0.5, 0.6) is 0 Å². The normalized spacial score (nSPS) is 12.4. The summed E-state index contributed by atoms with van der Waals surface area (Å²) in [5, 5.41) is 0. The largest absolute Gasteiger partial charge is 0.0885 e. The van der Waals surface area contributed by atoms with Crippen molar-refractivity contribution in [2.24, 2.45) is 0 Å². The van der Waals surface area contributed by atoms with Gasteiger partial charge in [0.2, 0.25) is 0 Å². The van der Waals surface area contributed by atoms with Crippen molar-refractivity contribution in [1.29, 1.82) is 0 Å². The van der Waals surface area contributed by atoms with Crippen molar-refractivity contribution in [3.05, 3.63) is 43.4 Å². The zero-order chi connectivity index (χ0) is 12.6. The van der Waals surface area contributed by atoms with Crippen LogP contribution in [0.4, 0.5) is 0 Å². The van der Waals surface area contributed by atoms with Crippen LogP contribution in [0.15, 0.2) is 36.5 Å². The fraction of sp³-hybridized carbons (Fsp3) is 0.588. The Kier molecular flexibility index (Phi) is 14.5. The van der Waals surface area contributed by atoms with E-state index in [2.05, 4.69) is 50.3 Å². The van der Waals surface area contributed by atoms with E-state index in [1.165, 1.54) is 38.5 Å². The Labute approximate surface area is 109 Å². The van der Waals surface area contributed by atoms with Crippen molar-refractivity contribution in [3.63, 3.8) is 0 Å². The number of hydrogen-bond donors (Lipinski definition) is 0. The van der Waals surface area contributed by atoms with E-state index in [0.717, 1.165) is 19.3 Å². The lowest BCUT2D eigenvalue weighted by molar-refractivity contribution is 0.621. The minimum atomic E-state index is 1.06. The highest BCUT2D eigenvalue weighted by molar-refractivity contribution is 5.04. The van der Waals surface area contributed by atoms with E-state index < -0.39 is 0 Å². The first-order valence-corrected chi connectivity index (χ1v) is 7.17. The summed E-state index contributed by atoms with van der Waals surface area (Å²) in [7, 11) is 0. The van der Waals surface area contributed by atoms with Crippen LogP contribution in [-0.2, 0) is 0 Å². The lowest BCUT2D eigenvalue weighted by Crippen LogP contribution is -1.77. The van der Waals surface area contributed by atoms with Crippen LogP contribution in [0.2, 0.25) is 0 Å².